The van der Waals surface area contributed by atoms with Gasteiger partial charge in [-0.05, 0) is 32.9 Å². The highest BCUT2D eigenvalue weighted by Gasteiger charge is 2.66. The summed E-state index contributed by atoms with van der Waals surface area (Å²) < 4.78 is 5.96. The van der Waals surface area contributed by atoms with E-state index in [1.165, 1.54) is 0 Å². The van der Waals surface area contributed by atoms with Crippen molar-refractivity contribution in [2.45, 2.75) is 58.8 Å². The van der Waals surface area contributed by atoms with E-state index in [4.69, 9.17) is 4.74 Å². The van der Waals surface area contributed by atoms with Gasteiger partial charge in [0.25, 0.3) is 0 Å². The first kappa shape index (κ1) is 11.0. The number of epoxide rings is 1. The summed E-state index contributed by atoms with van der Waals surface area (Å²) in [6.45, 7) is 13.2. The number of ether oxygens (including phenoxy) is 1. The van der Waals surface area contributed by atoms with E-state index in [9.17, 15) is 0 Å². The lowest BCUT2D eigenvalue weighted by Gasteiger charge is -2.26. The summed E-state index contributed by atoms with van der Waals surface area (Å²) in [5.74, 6) is 0. The molecule has 0 spiro atoms. The summed E-state index contributed by atoms with van der Waals surface area (Å²) >= 11 is 0. The predicted molar refractivity (Wildman–Crippen MR) is 55.7 cm³/mol. The van der Waals surface area contributed by atoms with Crippen LogP contribution in [0.5, 0.6) is 0 Å². The second-order valence-electron chi connectivity index (χ2n) is 3.96. The molecule has 1 unspecified atom stereocenters. The van der Waals surface area contributed by atoms with Gasteiger partial charge in [-0.15, -0.1) is 0 Å². The van der Waals surface area contributed by atoms with Gasteiger partial charge in [-0.1, -0.05) is 27.7 Å². The summed E-state index contributed by atoms with van der Waals surface area (Å²) in [5.41, 5.74) is 0.152. The molecule has 0 aliphatic carbocycles. The molecule has 0 radical (unpaired) electrons. The Bertz CT molecular complexity index is 173. The SMILES string of the molecule is CCN(CC)C1(C)OC1(CC)CC. The largest absolute Gasteiger partial charge is 0.347 e. The van der Waals surface area contributed by atoms with Gasteiger partial charge in [0.15, 0.2) is 0 Å². The van der Waals surface area contributed by atoms with Gasteiger partial charge in [-0.2, -0.15) is 0 Å². The van der Waals surface area contributed by atoms with E-state index in [2.05, 4.69) is 39.5 Å². The fourth-order valence-corrected chi connectivity index (χ4v) is 2.59. The molecule has 2 nitrogen and oxygen atoms in total. The Kier molecular flexibility index (Phi) is 3.03. The van der Waals surface area contributed by atoms with Crippen LogP contribution < -0.4 is 0 Å². The second kappa shape index (κ2) is 3.58. The van der Waals surface area contributed by atoms with E-state index in [-0.39, 0.29) is 11.3 Å². The van der Waals surface area contributed by atoms with Crippen LogP contribution in [0.15, 0.2) is 0 Å². The average Bonchev–Trinajstić information content (AvgIpc) is 2.75. The van der Waals surface area contributed by atoms with Crippen molar-refractivity contribution in [3.63, 3.8) is 0 Å². The maximum Gasteiger partial charge on any atom is 0.149 e. The van der Waals surface area contributed by atoms with Crippen molar-refractivity contribution in [3.05, 3.63) is 0 Å². The molecule has 1 atom stereocenters. The lowest BCUT2D eigenvalue weighted by molar-refractivity contribution is 0.105. The van der Waals surface area contributed by atoms with Crippen LogP contribution in [0, 0.1) is 0 Å². The molecule has 1 heterocycles. The number of hydrogen-bond acceptors (Lipinski definition) is 2. The molecule has 2 heteroatoms. The first-order chi connectivity index (χ1) is 6.10. The number of nitrogens with zero attached hydrogens (tertiary/aromatic N) is 1. The number of likely N-dealkylation sites (N-methyl/N-ethyl adjacent to an activating group) is 1. The standard InChI is InChI=1S/C11H23NO/c1-6-11(7-2)10(5,13-11)12(8-3)9-4/h6-9H2,1-5H3. The monoisotopic (exact) mass is 185 g/mol. The van der Waals surface area contributed by atoms with Crippen LogP contribution in [-0.4, -0.2) is 29.3 Å². The molecule has 13 heavy (non-hydrogen) atoms. The van der Waals surface area contributed by atoms with Crippen LogP contribution in [-0.2, 0) is 4.74 Å². The lowest BCUT2D eigenvalue weighted by atomic mass is 9.94. The second-order valence-corrected chi connectivity index (χ2v) is 3.96. The number of hydrogen-bond donors (Lipinski definition) is 0. The summed E-state index contributed by atoms with van der Waals surface area (Å²) in [6.07, 6.45) is 2.24. The Labute approximate surface area is 82.3 Å². The molecule has 0 aromatic rings. The normalized spacial score (nSPS) is 30.9. The summed E-state index contributed by atoms with van der Waals surface area (Å²) in [4.78, 5) is 2.42. The smallest absolute Gasteiger partial charge is 0.149 e. The fraction of sp³-hybridized carbons (Fsp3) is 1.00. The Hall–Kier alpha value is -0.0800. The summed E-state index contributed by atoms with van der Waals surface area (Å²) in [5, 5.41) is 0. The third-order valence-corrected chi connectivity index (χ3v) is 3.71. The Balaban J connectivity index is 2.70. The Morgan fingerprint density at radius 1 is 1.00 bits per heavy atom. The van der Waals surface area contributed by atoms with E-state index in [1.54, 1.807) is 0 Å². The molecule has 0 N–H and O–H groups in total. The fourth-order valence-electron chi connectivity index (χ4n) is 2.59. The molecule has 1 aliphatic rings. The first-order valence-corrected chi connectivity index (χ1v) is 5.55. The van der Waals surface area contributed by atoms with Crippen molar-refractivity contribution in [2.24, 2.45) is 0 Å². The van der Waals surface area contributed by atoms with E-state index < -0.39 is 0 Å². The zero-order chi connectivity index (χ0) is 10.1. The maximum atomic E-state index is 5.96. The lowest BCUT2D eigenvalue weighted by Crippen LogP contribution is -2.41. The molecule has 0 amide bonds. The Morgan fingerprint density at radius 2 is 1.46 bits per heavy atom. The highest BCUT2D eigenvalue weighted by molar-refractivity contribution is 5.10. The van der Waals surface area contributed by atoms with Gasteiger partial charge in [-0.3, -0.25) is 4.90 Å². The molecule has 78 valence electrons. The molecule has 1 fully saturated rings. The van der Waals surface area contributed by atoms with Gasteiger partial charge in [0.2, 0.25) is 0 Å². The molecule has 0 aromatic heterocycles. The van der Waals surface area contributed by atoms with Crippen molar-refractivity contribution in [1.82, 2.24) is 4.90 Å². The zero-order valence-electron chi connectivity index (χ0n) is 9.68. The maximum absolute atomic E-state index is 5.96. The average molecular weight is 185 g/mol. The van der Waals surface area contributed by atoms with Gasteiger partial charge in [0.05, 0.1) is 0 Å². The van der Waals surface area contributed by atoms with Crippen LogP contribution >= 0.6 is 0 Å². The minimum Gasteiger partial charge on any atom is -0.347 e. The van der Waals surface area contributed by atoms with Crippen molar-refractivity contribution >= 4 is 0 Å². The third-order valence-electron chi connectivity index (χ3n) is 3.71. The third kappa shape index (κ3) is 1.40. The van der Waals surface area contributed by atoms with Gasteiger partial charge < -0.3 is 4.74 Å². The molecule has 1 saturated heterocycles. The molecule has 0 bridgehead atoms. The molecule has 1 rings (SSSR count). The highest BCUT2D eigenvalue weighted by Crippen LogP contribution is 2.54. The summed E-state index contributed by atoms with van der Waals surface area (Å²) in [7, 11) is 0. The topological polar surface area (TPSA) is 15.8 Å². The van der Waals surface area contributed by atoms with Crippen molar-refractivity contribution in [2.75, 3.05) is 13.1 Å². The number of rotatable bonds is 5. The van der Waals surface area contributed by atoms with Crippen LogP contribution in [0.3, 0.4) is 0 Å². The van der Waals surface area contributed by atoms with Gasteiger partial charge in [0, 0.05) is 0 Å². The molecule has 1 aliphatic heterocycles. The van der Waals surface area contributed by atoms with Crippen LogP contribution in [0.4, 0.5) is 0 Å². The summed E-state index contributed by atoms with van der Waals surface area (Å²) in [6, 6.07) is 0. The first-order valence-electron chi connectivity index (χ1n) is 5.55. The van der Waals surface area contributed by atoms with E-state index in [0.717, 1.165) is 25.9 Å². The minimum absolute atomic E-state index is 0.0139. The van der Waals surface area contributed by atoms with E-state index in [0.29, 0.717) is 0 Å². The van der Waals surface area contributed by atoms with Crippen molar-refractivity contribution in [3.8, 4) is 0 Å². The molecule has 0 aromatic carbocycles. The van der Waals surface area contributed by atoms with Crippen molar-refractivity contribution < 1.29 is 4.74 Å². The van der Waals surface area contributed by atoms with Crippen molar-refractivity contribution in [1.29, 1.82) is 0 Å². The minimum atomic E-state index is 0.0139. The zero-order valence-corrected chi connectivity index (χ0v) is 9.68. The Morgan fingerprint density at radius 3 is 1.69 bits per heavy atom. The molecular weight excluding hydrogens is 162 g/mol. The van der Waals surface area contributed by atoms with Crippen LogP contribution in [0.2, 0.25) is 0 Å². The van der Waals surface area contributed by atoms with Gasteiger partial charge in [0.1, 0.15) is 11.3 Å². The van der Waals surface area contributed by atoms with Gasteiger partial charge in [-0.25, -0.2) is 0 Å². The highest BCUT2D eigenvalue weighted by atomic mass is 16.7. The van der Waals surface area contributed by atoms with Crippen LogP contribution in [0.25, 0.3) is 0 Å². The van der Waals surface area contributed by atoms with Gasteiger partial charge >= 0.3 is 0 Å². The van der Waals surface area contributed by atoms with Crippen LogP contribution in [0.1, 0.15) is 47.5 Å². The van der Waals surface area contributed by atoms with E-state index in [1.807, 2.05) is 0 Å². The predicted octanol–water partition coefficient (Wildman–Crippen LogP) is 2.63. The quantitative estimate of drug-likeness (QED) is 0.612. The molecule has 0 saturated carbocycles. The molecular formula is C11H23NO. The van der Waals surface area contributed by atoms with E-state index >= 15 is 0 Å².